The normalized spacial score (nSPS) is 11.1. The first-order chi connectivity index (χ1) is 9.07. The fraction of sp³-hybridized carbons (Fsp3) is 0.500. The molecule has 0 aliphatic heterocycles. The molecule has 1 aromatic rings. The predicted octanol–water partition coefficient (Wildman–Crippen LogP) is 0.514. The van der Waals surface area contributed by atoms with Crippen molar-refractivity contribution < 1.29 is 13.2 Å². The Balaban J connectivity index is 2.45. The highest BCUT2D eigenvalue weighted by molar-refractivity contribution is 7.89. The van der Waals surface area contributed by atoms with Gasteiger partial charge in [0.2, 0.25) is 10.0 Å². The summed E-state index contributed by atoms with van der Waals surface area (Å²) in [7, 11) is -1.69. The summed E-state index contributed by atoms with van der Waals surface area (Å²) in [4.78, 5) is 1.82. The van der Waals surface area contributed by atoms with Crippen LogP contribution in [0.1, 0.15) is 16.2 Å². The smallest absolute Gasteiger partial charge is 0.212 e. The van der Waals surface area contributed by atoms with Crippen LogP contribution in [0.4, 0.5) is 0 Å². The van der Waals surface area contributed by atoms with E-state index < -0.39 is 10.0 Å². The zero-order valence-electron chi connectivity index (χ0n) is 10.8. The van der Waals surface area contributed by atoms with Gasteiger partial charge in [-0.25, -0.2) is 13.1 Å². The second-order valence-electron chi connectivity index (χ2n) is 3.76. The third-order valence-electron chi connectivity index (χ3n) is 2.20. The molecule has 1 aromatic heterocycles. The quantitative estimate of drug-likeness (QED) is 0.568. The molecule has 1 rings (SSSR count). The first-order valence-corrected chi connectivity index (χ1v) is 8.28. The lowest BCUT2D eigenvalue weighted by molar-refractivity contribution is 0.199. The minimum atomic E-state index is -3.24. The van der Waals surface area contributed by atoms with Gasteiger partial charge in [-0.05, 0) is 18.6 Å². The molecule has 0 radical (unpaired) electrons. The monoisotopic (exact) mass is 302 g/mol. The molecule has 3 N–H and O–H groups in total. The standard InChI is InChI=1S/C12H18N2O3S2/c1-17-8-3-9-19(15,16)14-10-12-6-5-11(18-12)4-2-7-13/h5-6,14H,3,7-10,13H2,1H3. The van der Waals surface area contributed by atoms with E-state index in [2.05, 4.69) is 16.6 Å². The summed E-state index contributed by atoms with van der Waals surface area (Å²) >= 11 is 1.46. The van der Waals surface area contributed by atoms with Gasteiger partial charge < -0.3 is 10.5 Å². The molecule has 0 aliphatic carbocycles. The number of hydrogen-bond donors (Lipinski definition) is 2. The Labute approximate surface area is 118 Å². The highest BCUT2D eigenvalue weighted by atomic mass is 32.2. The van der Waals surface area contributed by atoms with E-state index in [9.17, 15) is 8.42 Å². The molecule has 0 bridgehead atoms. The molecule has 106 valence electrons. The fourth-order valence-corrected chi connectivity index (χ4v) is 3.26. The minimum absolute atomic E-state index is 0.0754. The third kappa shape index (κ3) is 6.71. The Morgan fingerprint density at radius 1 is 1.47 bits per heavy atom. The summed E-state index contributed by atoms with van der Waals surface area (Å²) in [5.74, 6) is 5.75. The Morgan fingerprint density at radius 2 is 2.26 bits per heavy atom. The molecule has 19 heavy (non-hydrogen) atoms. The van der Waals surface area contributed by atoms with Gasteiger partial charge in [0.25, 0.3) is 0 Å². The first-order valence-electron chi connectivity index (χ1n) is 5.81. The number of ether oxygens (including phenoxy) is 1. The minimum Gasteiger partial charge on any atom is -0.385 e. The number of thiophene rings is 1. The van der Waals surface area contributed by atoms with E-state index in [-0.39, 0.29) is 5.75 Å². The number of hydrogen-bond acceptors (Lipinski definition) is 5. The van der Waals surface area contributed by atoms with Crippen LogP contribution in [0.2, 0.25) is 0 Å². The lowest BCUT2D eigenvalue weighted by atomic mass is 10.4. The van der Waals surface area contributed by atoms with Gasteiger partial charge in [-0.3, -0.25) is 0 Å². The van der Waals surface area contributed by atoms with Crippen LogP contribution in [0.25, 0.3) is 0 Å². The van der Waals surface area contributed by atoms with E-state index >= 15 is 0 Å². The van der Waals surface area contributed by atoms with Crippen LogP contribution < -0.4 is 10.5 Å². The Bertz CT molecular complexity index is 541. The molecule has 0 fully saturated rings. The Morgan fingerprint density at radius 3 is 2.95 bits per heavy atom. The number of rotatable bonds is 7. The fourth-order valence-electron chi connectivity index (χ4n) is 1.32. The summed E-state index contributed by atoms with van der Waals surface area (Å²) in [5.41, 5.74) is 5.29. The van der Waals surface area contributed by atoms with E-state index in [0.717, 1.165) is 9.75 Å². The van der Waals surface area contributed by atoms with Gasteiger partial charge in [-0.15, -0.1) is 11.3 Å². The molecule has 0 saturated carbocycles. The number of methoxy groups -OCH3 is 1. The second kappa shape index (κ2) is 8.30. The summed E-state index contributed by atoms with van der Waals surface area (Å²) in [5, 5.41) is 0. The summed E-state index contributed by atoms with van der Waals surface area (Å²) in [6, 6.07) is 3.73. The molecule has 0 unspecified atom stereocenters. The average Bonchev–Trinajstić information content (AvgIpc) is 2.82. The van der Waals surface area contributed by atoms with Crippen molar-refractivity contribution in [1.82, 2.24) is 4.72 Å². The van der Waals surface area contributed by atoms with Gasteiger partial charge in [0, 0.05) is 25.1 Å². The molecule has 0 aromatic carbocycles. The summed E-state index contributed by atoms with van der Waals surface area (Å²) in [6.45, 7) is 1.06. The van der Waals surface area contributed by atoms with E-state index in [0.29, 0.717) is 26.1 Å². The van der Waals surface area contributed by atoms with Crippen LogP contribution in [-0.2, 0) is 21.3 Å². The number of nitrogens with one attached hydrogen (secondary N) is 1. The first kappa shape index (κ1) is 16.1. The molecule has 0 aliphatic rings. The second-order valence-corrected chi connectivity index (χ2v) is 6.85. The SMILES string of the molecule is COCCCS(=O)(=O)NCc1ccc(C#CCN)s1. The molecule has 1 heterocycles. The zero-order valence-corrected chi connectivity index (χ0v) is 12.4. The molecule has 7 heteroatoms. The lowest BCUT2D eigenvalue weighted by Crippen LogP contribution is -2.26. The van der Waals surface area contributed by atoms with Crippen LogP contribution in [0.3, 0.4) is 0 Å². The zero-order chi connectivity index (χ0) is 14.1. The van der Waals surface area contributed by atoms with Crippen LogP contribution in [0.5, 0.6) is 0 Å². The van der Waals surface area contributed by atoms with Crippen LogP contribution in [0, 0.1) is 11.8 Å². The molecule has 0 saturated heterocycles. The van der Waals surface area contributed by atoms with Crippen molar-refractivity contribution in [3.8, 4) is 11.8 Å². The maximum atomic E-state index is 11.7. The molecule has 5 nitrogen and oxygen atoms in total. The highest BCUT2D eigenvalue weighted by Gasteiger charge is 2.10. The molecule has 0 atom stereocenters. The van der Waals surface area contributed by atoms with Crippen LogP contribution in [0.15, 0.2) is 12.1 Å². The van der Waals surface area contributed by atoms with Gasteiger partial charge >= 0.3 is 0 Å². The largest absolute Gasteiger partial charge is 0.385 e. The maximum Gasteiger partial charge on any atom is 0.212 e. The van der Waals surface area contributed by atoms with E-state index in [4.69, 9.17) is 10.5 Å². The van der Waals surface area contributed by atoms with Crippen molar-refractivity contribution >= 4 is 21.4 Å². The lowest BCUT2D eigenvalue weighted by Gasteiger charge is -2.04. The molecule has 0 spiro atoms. The molecular weight excluding hydrogens is 284 g/mol. The van der Waals surface area contributed by atoms with E-state index in [1.54, 1.807) is 7.11 Å². The van der Waals surface area contributed by atoms with Gasteiger partial charge in [-0.2, -0.15) is 0 Å². The van der Waals surface area contributed by atoms with Crippen molar-refractivity contribution in [3.63, 3.8) is 0 Å². The summed E-state index contributed by atoms with van der Waals surface area (Å²) in [6.07, 6.45) is 0.490. The van der Waals surface area contributed by atoms with Gasteiger partial charge in [0.15, 0.2) is 0 Å². The predicted molar refractivity (Wildman–Crippen MR) is 77.4 cm³/mol. The van der Waals surface area contributed by atoms with Crippen LogP contribution in [-0.4, -0.2) is 34.4 Å². The van der Waals surface area contributed by atoms with Crippen molar-refractivity contribution in [3.05, 3.63) is 21.9 Å². The number of nitrogens with two attached hydrogens (primary N) is 1. The van der Waals surface area contributed by atoms with Crippen molar-refractivity contribution in [2.45, 2.75) is 13.0 Å². The summed E-state index contributed by atoms with van der Waals surface area (Å²) < 4.78 is 30.7. The topological polar surface area (TPSA) is 81.4 Å². The van der Waals surface area contributed by atoms with Crippen LogP contribution >= 0.6 is 11.3 Å². The molecular formula is C12H18N2O3S2. The maximum absolute atomic E-state index is 11.7. The Hall–Kier alpha value is -0.910. The highest BCUT2D eigenvalue weighted by Crippen LogP contribution is 2.15. The van der Waals surface area contributed by atoms with Crippen molar-refractivity contribution in [1.29, 1.82) is 0 Å². The number of sulfonamides is 1. The van der Waals surface area contributed by atoms with Crippen molar-refractivity contribution in [2.75, 3.05) is 26.0 Å². The van der Waals surface area contributed by atoms with Gasteiger partial charge in [-0.1, -0.05) is 11.8 Å². The molecule has 0 amide bonds. The Kier molecular flexibility index (Phi) is 7.05. The van der Waals surface area contributed by atoms with Crippen molar-refractivity contribution in [2.24, 2.45) is 5.73 Å². The third-order valence-corrected chi connectivity index (χ3v) is 4.61. The average molecular weight is 302 g/mol. The van der Waals surface area contributed by atoms with Gasteiger partial charge in [0.1, 0.15) is 0 Å². The van der Waals surface area contributed by atoms with E-state index in [1.165, 1.54) is 11.3 Å². The van der Waals surface area contributed by atoms with E-state index in [1.807, 2.05) is 12.1 Å². The van der Waals surface area contributed by atoms with Gasteiger partial charge in [0.05, 0.1) is 17.2 Å².